The fraction of sp³-hybridized carbons (Fsp3) is 0.562. The summed E-state index contributed by atoms with van der Waals surface area (Å²) in [5, 5.41) is 0.757. The molecule has 1 aromatic carbocycles. The molecule has 110 valence electrons. The molecular weight excluding hydrogens is 276 g/mol. The molecule has 0 aliphatic heterocycles. The third kappa shape index (κ3) is 3.09. The fourth-order valence-corrected chi connectivity index (χ4v) is 2.93. The van der Waals surface area contributed by atoms with Crippen molar-refractivity contribution in [1.82, 2.24) is 0 Å². The van der Waals surface area contributed by atoms with Crippen molar-refractivity contribution in [2.75, 3.05) is 14.2 Å². The van der Waals surface area contributed by atoms with Crippen LogP contribution in [0.25, 0.3) is 0 Å². The third-order valence-corrected chi connectivity index (χ3v) is 4.53. The Morgan fingerprint density at radius 2 is 2.15 bits per heavy atom. The Kier molecular flexibility index (Phi) is 4.59. The van der Waals surface area contributed by atoms with Gasteiger partial charge in [-0.25, -0.2) is 0 Å². The molecule has 20 heavy (non-hydrogen) atoms. The van der Waals surface area contributed by atoms with Crippen LogP contribution in [-0.4, -0.2) is 20.2 Å². The zero-order valence-electron chi connectivity index (χ0n) is 12.4. The van der Waals surface area contributed by atoms with Crippen molar-refractivity contribution >= 4 is 17.6 Å². The van der Waals surface area contributed by atoms with Gasteiger partial charge in [0.15, 0.2) is 0 Å². The second-order valence-corrected chi connectivity index (χ2v) is 6.01. The van der Waals surface area contributed by atoms with E-state index >= 15 is 0 Å². The number of hydrogen-bond donors (Lipinski definition) is 0. The molecule has 0 bridgehead atoms. The van der Waals surface area contributed by atoms with Gasteiger partial charge in [0.25, 0.3) is 0 Å². The van der Waals surface area contributed by atoms with Gasteiger partial charge in [0.1, 0.15) is 5.75 Å². The molecular formula is C16H21ClO3. The number of carbonyl (C=O) groups excluding carboxylic acids is 1. The van der Waals surface area contributed by atoms with Gasteiger partial charge in [-0.2, -0.15) is 0 Å². The molecule has 1 aromatic rings. The molecule has 2 rings (SSSR count). The molecule has 0 amide bonds. The van der Waals surface area contributed by atoms with Crippen molar-refractivity contribution < 1.29 is 14.3 Å². The van der Waals surface area contributed by atoms with Crippen LogP contribution in [0.3, 0.4) is 0 Å². The summed E-state index contributed by atoms with van der Waals surface area (Å²) in [5.74, 6) is 1.59. The first-order valence-electron chi connectivity index (χ1n) is 6.89. The van der Waals surface area contributed by atoms with Crippen LogP contribution in [0, 0.1) is 18.8 Å². The van der Waals surface area contributed by atoms with Gasteiger partial charge in [-0.15, -0.1) is 0 Å². The Hall–Kier alpha value is -1.22. The average Bonchev–Trinajstić information content (AvgIpc) is 3.19. The van der Waals surface area contributed by atoms with Gasteiger partial charge in [0.2, 0.25) is 0 Å². The molecule has 0 spiro atoms. The summed E-state index contributed by atoms with van der Waals surface area (Å²) in [6.45, 7) is 4.11. The summed E-state index contributed by atoms with van der Waals surface area (Å²) in [6, 6.07) is 3.95. The van der Waals surface area contributed by atoms with E-state index in [1.807, 2.05) is 19.1 Å². The number of esters is 1. The highest BCUT2D eigenvalue weighted by Crippen LogP contribution is 2.47. The van der Waals surface area contributed by atoms with Crippen molar-refractivity contribution in [3.8, 4) is 5.75 Å². The topological polar surface area (TPSA) is 35.5 Å². The lowest BCUT2D eigenvalue weighted by atomic mass is 9.93. The third-order valence-electron chi connectivity index (χ3n) is 4.12. The second-order valence-electron chi connectivity index (χ2n) is 5.61. The Balaban J connectivity index is 2.08. The van der Waals surface area contributed by atoms with Gasteiger partial charge in [-0.05, 0) is 54.9 Å². The zero-order valence-corrected chi connectivity index (χ0v) is 13.2. The van der Waals surface area contributed by atoms with Crippen LogP contribution >= 0.6 is 11.6 Å². The monoisotopic (exact) mass is 296 g/mol. The number of rotatable bonds is 5. The predicted molar refractivity (Wildman–Crippen MR) is 79.4 cm³/mol. The van der Waals surface area contributed by atoms with Gasteiger partial charge < -0.3 is 9.47 Å². The van der Waals surface area contributed by atoms with Gasteiger partial charge in [-0.3, -0.25) is 4.79 Å². The maximum absolute atomic E-state index is 11.5. The lowest BCUT2D eigenvalue weighted by Gasteiger charge is -2.17. The summed E-state index contributed by atoms with van der Waals surface area (Å²) < 4.78 is 10.2. The normalized spacial score (nSPS) is 22.2. The molecule has 0 N–H and O–H groups in total. The Labute approximate surface area is 125 Å². The van der Waals surface area contributed by atoms with E-state index in [1.165, 1.54) is 7.11 Å². The zero-order chi connectivity index (χ0) is 14.9. The molecule has 0 radical (unpaired) electrons. The van der Waals surface area contributed by atoms with Crippen LogP contribution in [-0.2, 0) is 9.53 Å². The van der Waals surface area contributed by atoms with E-state index in [1.54, 1.807) is 7.11 Å². The van der Waals surface area contributed by atoms with Crippen molar-refractivity contribution in [3.05, 3.63) is 28.3 Å². The summed E-state index contributed by atoms with van der Waals surface area (Å²) >= 11 is 6.21. The standard InChI is InChI=1S/C16H21ClO3/c1-9(5-11-7-13(11)16(18)20-4)12-8-14(17)10(2)6-15(12)19-3/h6,8-9,11,13H,5,7H2,1-4H3. The van der Waals surface area contributed by atoms with Crippen LogP contribution in [0.1, 0.15) is 36.8 Å². The Bertz CT molecular complexity index is 513. The minimum absolute atomic E-state index is 0.0781. The smallest absolute Gasteiger partial charge is 0.308 e. The van der Waals surface area contributed by atoms with E-state index in [0.29, 0.717) is 11.8 Å². The molecule has 0 saturated heterocycles. The number of aryl methyl sites for hydroxylation is 1. The van der Waals surface area contributed by atoms with E-state index < -0.39 is 0 Å². The van der Waals surface area contributed by atoms with Crippen molar-refractivity contribution in [1.29, 1.82) is 0 Å². The fourth-order valence-electron chi connectivity index (χ4n) is 2.76. The minimum atomic E-state index is -0.0869. The first kappa shape index (κ1) is 15.2. The van der Waals surface area contributed by atoms with Gasteiger partial charge in [0, 0.05) is 5.02 Å². The molecule has 0 heterocycles. The number of halogens is 1. The highest BCUT2D eigenvalue weighted by Gasteiger charge is 2.44. The molecule has 1 saturated carbocycles. The van der Waals surface area contributed by atoms with E-state index in [9.17, 15) is 4.79 Å². The lowest BCUT2D eigenvalue weighted by molar-refractivity contribution is -0.142. The van der Waals surface area contributed by atoms with Crippen molar-refractivity contribution in [2.24, 2.45) is 11.8 Å². The average molecular weight is 297 g/mol. The SMILES string of the molecule is COC(=O)C1CC1CC(C)c1cc(Cl)c(C)cc1OC. The highest BCUT2D eigenvalue weighted by molar-refractivity contribution is 6.31. The van der Waals surface area contributed by atoms with Crippen LogP contribution < -0.4 is 4.74 Å². The van der Waals surface area contributed by atoms with E-state index in [-0.39, 0.29) is 11.9 Å². The number of carbonyl (C=O) groups is 1. The summed E-state index contributed by atoms with van der Waals surface area (Å²) in [6.07, 6.45) is 1.88. The van der Waals surface area contributed by atoms with Gasteiger partial charge in [0.05, 0.1) is 20.1 Å². The maximum atomic E-state index is 11.5. The first-order valence-corrected chi connectivity index (χ1v) is 7.27. The molecule has 1 aliphatic rings. The van der Waals surface area contributed by atoms with Crippen molar-refractivity contribution in [3.63, 3.8) is 0 Å². The van der Waals surface area contributed by atoms with Gasteiger partial charge in [-0.1, -0.05) is 18.5 Å². The molecule has 0 aromatic heterocycles. The molecule has 4 heteroatoms. The van der Waals surface area contributed by atoms with E-state index in [4.69, 9.17) is 21.1 Å². The molecule has 3 atom stereocenters. The molecule has 1 aliphatic carbocycles. The predicted octanol–water partition coefficient (Wildman–Crippen LogP) is 3.96. The summed E-state index contributed by atoms with van der Waals surface area (Å²) in [4.78, 5) is 11.5. The van der Waals surface area contributed by atoms with E-state index in [2.05, 4.69) is 6.92 Å². The number of hydrogen-bond acceptors (Lipinski definition) is 3. The summed E-state index contributed by atoms with van der Waals surface area (Å²) in [7, 11) is 3.12. The van der Waals surface area contributed by atoms with Crippen LogP contribution in [0.5, 0.6) is 5.75 Å². The molecule has 1 fully saturated rings. The van der Waals surface area contributed by atoms with Crippen molar-refractivity contribution in [2.45, 2.75) is 32.6 Å². The Morgan fingerprint density at radius 1 is 1.45 bits per heavy atom. The van der Waals surface area contributed by atoms with Crippen LogP contribution in [0.15, 0.2) is 12.1 Å². The quantitative estimate of drug-likeness (QED) is 0.772. The summed E-state index contributed by atoms with van der Waals surface area (Å²) in [5.41, 5.74) is 2.12. The van der Waals surface area contributed by atoms with Crippen LogP contribution in [0.4, 0.5) is 0 Å². The second kappa shape index (κ2) is 6.04. The number of methoxy groups -OCH3 is 2. The number of benzene rings is 1. The lowest BCUT2D eigenvalue weighted by Crippen LogP contribution is -2.06. The number of ether oxygens (including phenoxy) is 2. The highest BCUT2D eigenvalue weighted by atomic mass is 35.5. The largest absolute Gasteiger partial charge is 0.496 e. The molecule has 3 nitrogen and oxygen atoms in total. The minimum Gasteiger partial charge on any atom is -0.496 e. The van der Waals surface area contributed by atoms with E-state index in [0.717, 1.165) is 34.7 Å². The maximum Gasteiger partial charge on any atom is 0.308 e. The Morgan fingerprint density at radius 3 is 2.75 bits per heavy atom. The molecule has 3 unspecified atom stereocenters. The first-order chi connectivity index (χ1) is 9.47. The van der Waals surface area contributed by atoms with Crippen LogP contribution in [0.2, 0.25) is 5.02 Å². The van der Waals surface area contributed by atoms with Gasteiger partial charge >= 0.3 is 5.97 Å².